The number of ketones is 1. The Hall–Kier alpha value is -3.70. The third-order valence-electron chi connectivity index (χ3n) is 5.54. The predicted molar refractivity (Wildman–Crippen MR) is 124 cm³/mol. The number of fused-ring (bicyclic) bond motifs is 1. The van der Waals surface area contributed by atoms with Gasteiger partial charge in [-0.05, 0) is 31.0 Å². The van der Waals surface area contributed by atoms with Gasteiger partial charge < -0.3 is 14.4 Å². The lowest BCUT2D eigenvalue weighted by Crippen LogP contribution is -2.19. The van der Waals surface area contributed by atoms with Crippen LogP contribution in [0.15, 0.2) is 79.0 Å². The number of para-hydroxylation sites is 1. The number of hydrogen-bond acceptors (Lipinski definition) is 3. The summed E-state index contributed by atoms with van der Waals surface area (Å²) in [5, 5.41) is 9.92. The fourth-order valence-corrected chi connectivity index (χ4v) is 3.73. The van der Waals surface area contributed by atoms with Crippen molar-refractivity contribution in [2.24, 2.45) is 0 Å². The van der Waals surface area contributed by atoms with Crippen LogP contribution in [0.2, 0.25) is 0 Å². The summed E-state index contributed by atoms with van der Waals surface area (Å²) in [6, 6.07) is 23.4. The highest BCUT2D eigenvalue weighted by atomic mass is 16.5. The Morgan fingerprint density at radius 2 is 1.69 bits per heavy atom. The number of ether oxygens (including phenoxy) is 1. The highest BCUT2D eigenvalue weighted by Crippen LogP contribution is 2.25. The number of carbonyl (C=O) groups excluding carboxylic acids is 1. The summed E-state index contributed by atoms with van der Waals surface area (Å²) in [7, 11) is 0. The number of aryl methyl sites for hydroxylation is 1. The van der Waals surface area contributed by atoms with E-state index in [2.05, 4.69) is 4.57 Å². The number of aromatic nitrogens is 1. The van der Waals surface area contributed by atoms with E-state index < -0.39 is 12.1 Å². The van der Waals surface area contributed by atoms with Crippen molar-refractivity contribution in [2.75, 3.05) is 0 Å². The molecule has 0 saturated carbocycles. The lowest BCUT2D eigenvalue weighted by molar-refractivity contribution is -0.149. The Morgan fingerprint density at radius 1 is 0.969 bits per heavy atom. The van der Waals surface area contributed by atoms with Crippen LogP contribution in [0.4, 0.5) is 0 Å². The van der Waals surface area contributed by atoms with Crippen LogP contribution in [-0.2, 0) is 22.7 Å². The molecule has 0 fully saturated rings. The molecule has 0 spiro atoms. The van der Waals surface area contributed by atoms with Gasteiger partial charge in [-0.25, -0.2) is 4.79 Å². The number of hydrogen-bond donors (Lipinski definition) is 1. The van der Waals surface area contributed by atoms with E-state index in [-0.39, 0.29) is 12.4 Å². The number of carboxylic acids is 1. The van der Waals surface area contributed by atoms with Crippen LogP contribution in [0.25, 0.3) is 10.9 Å². The van der Waals surface area contributed by atoms with Crippen LogP contribution in [-0.4, -0.2) is 27.5 Å². The molecule has 0 bridgehead atoms. The Bertz CT molecular complexity index is 1270. The van der Waals surface area contributed by atoms with Crippen molar-refractivity contribution in [2.45, 2.75) is 33.1 Å². The van der Waals surface area contributed by atoms with Crippen LogP contribution in [0.3, 0.4) is 0 Å². The Balaban J connectivity index is 1.62. The fraction of sp³-hybridized carbons (Fsp3) is 0.185. The largest absolute Gasteiger partial charge is 0.479 e. The highest BCUT2D eigenvalue weighted by molar-refractivity contribution is 6.16. The van der Waals surface area contributed by atoms with E-state index in [4.69, 9.17) is 9.84 Å². The van der Waals surface area contributed by atoms with E-state index in [9.17, 15) is 9.59 Å². The van der Waals surface area contributed by atoms with Gasteiger partial charge >= 0.3 is 5.97 Å². The van der Waals surface area contributed by atoms with Gasteiger partial charge in [-0.3, -0.25) is 4.79 Å². The molecule has 0 radical (unpaired) electrons. The molecular weight excluding hydrogens is 402 g/mol. The SMILES string of the molecule is Cc1ccc(C(=O)c2cn(Cc3cccc(CO[C@H](C)C(=O)O)c3)c3ccccc23)cc1. The van der Waals surface area contributed by atoms with Crippen molar-refractivity contribution in [3.05, 3.63) is 107 Å². The summed E-state index contributed by atoms with van der Waals surface area (Å²) in [5.74, 6) is -0.976. The van der Waals surface area contributed by atoms with E-state index in [0.29, 0.717) is 17.7 Å². The topological polar surface area (TPSA) is 68.5 Å². The second-order valence-corrected chi connectivity index (χ2v) is 7.99. The molecule has 0 saturated heterocycles. The van der Waals surface area contributed by atoms with Crippen molar-refractivity contribution in [3.8, 4) is 0 Å². The number of carbonyl (C=O) groups is 2. The normalized spacial score (nSPS) is 12.1. The quantitative estimate of drug-likeness (QED) is 0.392. The van der Waals surface area contributed by atoms with E-state index in [1.54, 1.807) is 0 Å². The lowest BCUT2D eigenvalue weighted by Gasteiger charge is -2.10. The first-order chi connectivity index (χ1) is 15.4. The Kier molecular flexibility index (Phi) is 6.19. The van der Waals surface area contributed by atoms with Crippen LogP contribution >= 0.6 is 0 Å². The first-order valence-electron chi connectivity index (χ1n) is 10.5. The monoisotopic (exact) mass is 427 g/mol. The summed E-state index contributed by atoms with van der Waals surface area (Å²) in [6.45, 7) is 4.33. The molecule has 162 valence electrons. The van der Waals surface area contributed by atoms with Crippen molar-refractivity contribution < 1.29 is 19.4 Å². The van der Waals surface area contributed by atoms with Gasteiger partial charge in [0.05, 0.1) is 6.61 Å². The Labute approximate surface area is 186 Å². The van der Waals surface area contributed by atoms with Gasteiger partial charge in [0.2, 0.25) is 0 Å². The molecular formula is C27H25NO4. The molecule has 1 heterocycles. The number of aliphatic carboxylic acids is 1. The summed E-state index contributed by atoms with van der Waals surface area (Å²) < 4.78 is 7.49. The van der Waals surface area contributed by atoms with Crippen LogP contribution < -0.4 is 0 Å². The number of benzene rings is 3. The van der Waals surface area contributed by atoms with Crippen LogP contribution in [0, 0.1) is 6.92 Å². The van der Waals surface area contributed by atoms with Crippen molar-refractivity contribution in [1.82, 2.24) is 4.57 Å². The molecule has 32 heavy (non-hydrogen) atoms. The number of nitrogens with zero attached hydrogens (tertiary/aromatic N) is 1. The first kappa shape index (κ1) is 21.5. The van der Waals surface area contributed by atoms with E-state index in [1.807, 2.05) is 85.9 Å². The maximum Gasteiger partial charge on any atom is 0.332 e. The summed E-state index contributed by atoms with van der Waals surface area (Å²) in [4.78, 5) is 24.2. The minimum absolute atomic E-state index is 0.00441. The Morgan fingerprint density at radius 3 is 2.44 bits per heavy atom. The molecule has 0 amide bonds. The second-order valence-electron chi connectivity index (χ2n) is 7.99. The summed E-state index contributed by atoms with van der Waals surface area (Å²) >= 11 is 0. The summed E-state index contributed by atoms with van der Waals surface area (Å²) in [5.41, 5.74) is 5.41. The molecule has 1 aromatic heterocycles. The van der Waals surface area contributed by atoms with Crippen LogP contribution in [0.5, 0.6) is 0 Å². The predicted octanol–water partition coefficient (Wildman–Crippen LogP) is 5.22. The molecule has 1 atom stereocenters. The van der Waals surface area contributed by atoms with Gasteiger partial charge in [0.15, 0.2) is 11.9 Å². The molecule has 0 aliphatic heterocycles. The minimum atomic E-state index is -0.981. The van der Waals surface area contributed by atoms with E-state index in [1.165, 1.54) is 6.92 Å². The number of carboxylic acid groups (broad SMARTS) is 1. The molecule has 1 N–H and O–H groups in total. The molecule has 5 heteroatoms. The average Bonchev–Trinajstić information content (AvgIpc) is 3.16. The van der Waals surface area contributed by atoms with E-state index in [0.717, 1.165) is 27.6 Å². The van der Waals surface area contributed by atoms with Gasteiger partial charge in [0, 0.05) is 34.8 Å². The summed E-state index contributed by atoms with van der Waals surface area (Å²) in [6.07, 6.45) is 1.06. The average molecular weight is 428 g/mol. The van der Waals surface area contributed by atoms with Crippen LogP contribution in [0.1, 0.15) is 39.5 Å². The molecule has 0 unspecified atom stereocenters. The molecule has 4 aromatic rings. The highest BCUT2D eigenvalue weighted by Gasteiger charge is 2.17. The zero-order valence-electron chi connectivity index (χ0n) is 18.1. The third-order valence-corrected chi connectivity index (χ3v) is 5.54. The third kappa shape index (κ3) is 4.63. The molecule has 0 aliphatic carbocycles. The minimum Gasteiger partial charge on any atom is -0.479 e. The smallest absolute Gasteiger partial charge is 0.332 e. The van der Waals surface area contributed by atoms with Crippen molar-refractivity contribution >= 4 is 22.7 Å². The zero-order valence-corrected chi connectivity index (χ0v) is 18.1. The number of rotatable bonds is 8. The zero-order chi connectivity index (χ0) is 22.7. The second kappa shape index (κ2) is 9.20. The first-order valence-corrected chi connectivity index (χ1v) is 10.5. The molecule has 0 aliphatic rings. The van der Waals surface area contributed by atoms with Crippen molar-refractivity contribution in [1.29, 1.82) is 0 Å². The molecule has 5 nitrogen and oxygen atoms in total. The van der Waals surface area contributed by atoms with Gasteiger partial charge in [-0.15, -0.1) is 0 Å². The maximum atomic E-state index is 13.2. The fourth-order valence-electron chi connectivity index (χ4n) is 3.73. The molecule has 4 rings (SSSR count). The van der Waals surface area contributed by atoms with Crippen molar-refractivity contribution in [3.63, 3.8) is 0 Å². The van der Waals surface area contributed by atoms with Gasteiger partial charge in [0.1, 0.15) is 0 Å². The van der Waals surface area contributed by atoms with Gasteiger partial charge in [-0.2, -0.15) is 0 Å². The standard InChI is InChI=1S/C27H25NO4/c1-18-10-12-22(13-11-18)26(29)24-16-28(25-9-4-3-8-23(24)25)15-20-6-5-7-21(14-20)17-32-19(2)27(30)31/h3-14,16,19H,15,17H2,1-2H3,(H,30,31)/t19-/m1/s1. The van der Waals surface area contributed by atoms with Gasteiger partial charge in [-0.1, -0.05) is 72.3 Å². The van der Waals surface area contributed by atoms with E-state index >= 15 is 0 Å². The lowest BCUT2D eigenvalue weighted by atomic mass is 10.0. The molecule has 3 aromatic carbocycles. The maximum absolute atomic E-state index is 13.2. The van der Waals surface area contributed by atoms with Gasteiger partial charge in [0.25, 0.3) is 0 Å².